The molecule has 2 N–H and O–H groups in total. The van der Waals surface area contributed by atoms with Gasteiger partial charge in [-0.25, -0.2) is 12.8 Å². The zero-order valence-corrected chi connectivity index (χ0v) is 15.2. The van der Waals surface area contributed by atoms with Gasteiger partial charge in [-0.15, -0.1) is 0 Å². The van der Waals surface area contributed by atoms with E-state index in [2.05, 4.69) is 15.6 Å². The first-order valence-electron chi connectivity index (χ1n) is 7.48. The number of aliphatic imine (C=N–C) groups is 1. The first kappa shape index (κ1) is 19.4. The van der Waals surface area contributed by atoms with Crippen LogP contribution in [0.4, 0.5) is 4.39 Å². The second-order valence-corrected chi connectivity index (χ2v) is 9.23. The third-order valence-corrected chi connectivity index (χ3v) is 6.11. The van der Waals surface area contributed by atoms with Crippen LogP contribution in [0.2, 0.25) is 0 Å². The van der Waals surface area contributed by atoms with E-state index in [-0.39, 0.29) is 18.1 Å². The van der Waals surface area contributed by atoms with Crippen LogP contribution in [0.25, 0.3) is 0 Å². The zero-order valence-electron chi connectivity index (χ0n) is 14.4. The maximum Gasteiger partial charge on any atom is 0.191 e. The zero-order chi connectivity index (χ0) is 17.7. The van der Waals surface area contributed by atoms with E-state index in [1.165, 1.54) is 6.07 Å². The molecule has 0 saturated carbocycles. The van der Waals surface area contributed by atoms with Gasteiger partial charge in [-0.3, -0.25) is 4.99 Å². The lowest BCUT2D eigenvalue weighted by molar-refractivity contribution is 0.559. The standard InChI is InChI=1S/C16H26FN3O2S/c1-12-10-13(6-7-14(12)17)11-20-15(18-5)19-8-9-23(21,22)16(2,3)4/h6-7,10H,8-9,11H2,1-5H3,(H2,18,19,20). The molecule has 0 heterocycles. The first-order chi connectivity index (χ1) is 10.6. The van der Waals surface area contributed by atoms with Crippen LogP contribution in [-0.2, 0) is 16.4 Å². The van der Waals surface area contributed by atoms with Gasteiger partial charge in [0.1, 0.15) is 5.82 Å². The van der Waals surface area contributed by atoms with Crippen molar-refractivity contribution in [1.82, 2.24) is 10.6 Å². The van der Waals surface area contributed by atoms with Gasteiger partial charge in [-0.2, -0.15) is 0 Å². The lowest BCUT2D eigenvalue weighted by atomic mass is 10.1. The van der Waals surface area contributed by atoms with Crippen molar-refractivity contribution < 1.29 is 12.8 Å². The van der Waals surface area contributed by atoms with E-state index in [1.807, 2.05) is 0 Å². The molecular weight excluding hydrogens is 317 g/mol. The summed E-state index contributed by atoms with van der Waals surface area (Å²) in [5.74, 6) is 0.312. The van der Waals surface area contributed by atoms with E-state index in [9.17, 15) is 12.8 Å². The Morgan fingerprint density at radius 1 is 1.26 bits per heavy atom. The summed E-state index contributed by atoms with van der Waals surface area (Å²) in [6, 6.07) is 4.89. The highest BCUT2D eigenvalue weighted by atomic mass is 32.2. The Morgan fingerprint density at radius 3 is 2.43 bits per heavy atom. The number of aryl methyl sites for hydroxylation is 1. The summed E-state index contributed by atoms with van der Waals surface area (Å²) in [7, 11) is -1.55. The van der Waals surface area contributed by atoms with Crippen LogP contribution in [0.1, 0.15) is 31.9 Å². The smallest absolute Gasteiger partial charge is 0.191 e. The van der Waals surface area contributed by atoms with Crippen LogP contribution in [0, 0.1) is 12.7 Å². The summed E-state index contributed by atoms with van der Waals surface area (Å²) in [6.45, 7) is 7.53. The Kier molecular flexibility index (Phi) is 6.56. The number of nitrogens with one attached hydrogen (secondary N) is 2. The highest BCUT2D eigenvalue weighted by Gasteiger charge is 2.28. The molecule has 1 rings (SSSR count). The van der Waals surface area contributed by atoms with Gasteiger partial charge in [-0.1, -0.05) is 12.1 Å². The number of guanidine groups is 1. The highest BCUT2D eigenvalue weighted by Crippen LogP contribution is 2.15. The first-order valence-corrected chi connectivity index (χ1v) is 9.14. The highest BCUT2D eigenvalue weighted by molar-refractivity contribution is 7.92. The fourth-order valence-electron chi connectivity index (χ4n) is 1.83. The Morgan fingerprint density at radius 2 is 1.91 bits per heavy atom. The van der Waals surface area contributed by atoms with Crippen LogP contribution < -0.4 is 10.6 Å². The van der Waals surface area contributed by atoms with Crippen molar-refractivity contribution in [3.63, 3.8) is 0 Å². The number of hydrogen-bond acceptors (Lipinski definition) is 3. The average molecular weight is 343 g/mol. The number of hydrogen-bond donors (Lipinski definition) is 2. The van der Waals surface area contributed by atoms with Crippen molar-refractivity contribution in [1.29, 1.82) is 0 Å². The molecular formula is C16H26FN3O2S. The molecule has 1 aromatic rings. The van der Waals surface area contributed by atoms with Gasteiger partial charge in [0.15, 0.2) is 15.8 Å². The molecule has 0 aliphatic rings. The minimum atomic E-state index is -3.17. The fraction of sp³-hybridized carbons (Fsp3) is 0.562. The van der Waals surface area contributed by atoms with E-state index in [0.717, 1.165) is 5.56 Å². The molecule has 0 atom stereocenters. The molecule has 0 radical (unpaired) electrons. The van der Waals surface area contributed by atoms with Crippen molar-refractivity contribution in [3.8, 4) is 0 Å². The Bertz CT molecular complexity index is 664. The third kappa shape index (κ3) is 5.82. The number of rotatable bonds is 5. The van der Waals surface area contributed by atoms with Gasteiger partial charge in [0.25, 0.3) is 0 Å². The predicted octanol–water partition coefficient (Wildman–Crippen LogP) is 2.01. The van der Waals surface area contributed by atoms with E-state index in [0.29, 0.717) is 18.1 Å². The molecule has 0 unspecified atom stereocenters. The van der Waals surface area contributed by atoms with Crippen molar-refractivity contribution in [2.24, 2.45) is 4.99 Å². The van der Waals surface area contributed by atoms with Crippen LogP contribution in [-0.4, -0.2) is 38.5 Å². The van der Waals surface area contributed by atoms with Crippen LogP contribution in [0.5, 0.6) is 0 Å². The second kappa shape index (κ2) is 7.77. The largest absolute Gasteiger partial charge is 0.355 e. The molecule has 7 heteroatoms. The summed E-state index contributed by atoms with van der Waals surface area (Å²) >= 11 is 0. The summed E-state index contributed by atoms with van der Waals surface area (Å²) in [4.78, 5) is 4.05. The summed E-state index contributed by atoms with van der Waals surface area (Å²) in [6.07, 6.45) is 0. The number of nitrogens with zero attached hydrogens (tertiary/aromatic N) is 1. The van der Waals surface area contributed by atoms with Crippen LogP contribution in [0.3, 0.4) is 0 Å². The van der Waals surface area contributed by atoms with Crippen molar-refractivity contribution >= 4 is 15.8 Å². The molecule has 0 bridgehead atoms. The minimum absolute atomic E-state index is 0.0346. The molecule has 0 aliphatic carbocycles. The lowest BCUT2D eigenvalue weighted by Gasteiger charge is -2.19. The van der Waals surface area contributed by atoms with E-state index in [1.54, 1.807) is 46.9 Å². The molecule has 0 spiro atoms. The molecule has 0 fully saturated rings. The Hall–Kier alpha value is -1.63. The quantitative estimate of drug-likeness (QED) is 0.634. The number of benzene rings is 1. The van der Waals surface area contributed by atoms with Crippen LogP contribution in [0.15, 0.2) is 23.2 Å². The summed E-state index contributed by atoms with van der Waals surface area (Å²) in [5, 5.41) is 6.06. The van der Waals surface area contributed by atoms with Crippen LogP contribution >= 0.6 is 0 Å². The van der Waals surface area contributed by atoms with Gasteiger partial charge < -0.3 is 10.6 Å². The molecule has 0 saturated heterocycles. The Balaban J connectivity index is 2.51. The van der Waals surface area contributed by atoms with Gasteiger partial charge in [-0.05, 0) is 44.9 Å². The van der Waals surface area contributed by atoms with Crippen molar-refractivity contribution in [3.05, 3.63) is 35.1 Å². The summed E-state index contributed by atoms with van der Waals surface area (Å²) in [5.41, 5.74) is 1.51. The van der Waals surface area contributed by atoms with E-state index in [4.69, 9.17) is 0 Å². The lowest BCUT2D eigenvalue weighted by Crippen LogP contribution is -2.41. The minimum Gasteiger partial charge on any atom is -0.355 e. The van der Waals surface area contributed by atoms with Gasteiger partial charge in [0.2, 0.25) is 0 Å². The topological polar surface area (TPSA) is 70.6 Å². The fourth-order valence-corrected chi connectivity index (χ4v) is 2.82. The van der Waals surface area contributed by atoms with Gasteiger partial charge in [0, 0.05) is 20.1 Å². The normalized spacial score (nSPS) is 13.0. The number of halogens is 1. The summed E-state index contributed by atoms with van der Waals surface area (Å²) < 4.78 is 36.5. The van der Waals surface area contributed by atoms with E-state index < -0.39 is 14.6 Å². The SMILES string of the molecule is CN=C(NCCS(=O)(=O)C(C)(C)C)NCc1ccc(F)c(C)c1. The molecule has 0 aromatic heterocycles. The maximum absolute atomic E-state index is 13.2. The molecule has 23 heavy (non-hydrogen) atoms. The Labute approximate surface area is 138 Å². The van der Waals surface area contributed by atoms with Crippen molar-refractivity contribution in [2.45, 2.75) is 39.0 Å². The monoisotopic (exact) mass is 343 g/mol. The maximum atomic E-state index is 13.2. The van der Waals surface area contributed by atoms with Gasteiger partial charge >= 0.3 is 0 Å². The molecule has 0 aliphatic heterocycles. The van der Waals surface area contributed by atoms with Gasteiger partial charge in [0.05, 0.1) is 10.5 Å². The average Bonchev–Trinajstić information content (AvgIpc) is 2.44. The second-order valence-electron chi connectivity index (χ2n) is 6.37. The number of sulfone groups is 1. The molecule has 0 amide bonds. The molecule has 5 nitrogen and oxygen atoms in total. The van der Waals surface area contributed by atoms with E-state index >= 15 is 0 Å². The third-order valence-electron chi connectivity index (χ3n) is 3.50. The predicted molar refractivity (Wildman–Crippen MR) is 92.9 cm³/mol. The molecule has 1 aromatic carbocycles. The molecule has 130 valence electrons. The van der Waals surface area contributed by atoms with Crippen molar-refractivity contribution in [2.75, 3.05) is 19.3 Å².